The Morgan fingerprint density at radius 3 is 2.47 bits per heavy atom. The molecule has 0 saturated carbocycles. The van der Waals surface area contributed by atoms with E-state index in [1.165, 1.54) is 4.90 Å². The molecule has 182 valence electrons. The average Bonchev–Trinajstić information content (AvgIpc) is 3.43. The molecule has 2 heterocycles. The molecule has 6 heteroatoms. The molecule has 3 aromatic carbocycles. The highest BCUT2D eigenvalue weighted by atomic mass is 16.5. The topological polar surface area (TPSA) is 80.0 Å². The predicted octanol–water partition coefficient (Wildman–Crippen LogP) is 6.74. The normalized spacial score (nSPS) is 15.8. The Labute approximate surface area is 209 Å². The Hall–Kier alpha value is -4.32. The van der Waals surface area contributed by atoms with Crippen molar-refractivity contribution in [3.8, 4) is 5.75 Å². The Kier molecular flexibility index (Phi) is 6.10. The molecule has 5 rings (SSSR count). The van der Waals surface area contributed by atoms with Crippen molar-refractivity contribution in [2.75, 3.05) is 11.5 Å². The number of para-hydroxylation sites is 1. The zero-order valence-corrected chi connectivity index (χ0v) is 20.4. The van der Waals surface area contributed by atoms with Crippen LogP contribution in [0.1, 0.15) is 54.4 Å². The molecule has 4 aromatic rings. The molecule has 0 aliphatic carbocycles. The number of amides is 1. The zero-order valence-electron chi connectivity index (χ0n) is 20.4. The smallest absolute Gasteiger partial charge is 0.294 e. The third-order valence-electron chi connectivity index (χ3n) is 6.43. The third-order valence-corrected chi connectivity index (χ3v) is 6.43. The number of fused-ring (bicyclic) bond motifs is 1. The van der Waals surface area contributed by atoms with Gasteiger partial charge in [0.05, 0.1) is 18.2 Å². The number of rotatable bonds is 7. The van der Waals surface area contributed by atoms with Crippen molar-refractivity contribution < 1.29 is 23.8 Å². The molecule has 6 nitrogen and oxygen atoms in total. The minimum absolute atomic E-state index is 0.0156. The molecule has 1 unspecified atom stereocenters. The molecule has 0 radical (unpaired) electrons. The number of hydrogen-bond donors (Lipinski definition) is 1. The summed E-state index contributed by atoms with van der Waals surface area (Å²) in [4.78, 5) is 28.7. The van der Waals surface area contributed by atoms with Gasteiger partial charge in [-0.1, -0.05) is 62.4 Å². The van der Waals surface area contributed by atoms with E-state index in [9.17, 15) is 14.7 Å². The average molecular weight is 482 g/mol. The van der Waals surface area contributed by atoms with Crippen molar-refractivity contribution in [1.29, 1.82) is 0 Å². The van der Waals surface area contributed by atoms with E-state index in [0.717, 1.165) is 10.9 Å². The van der Waals surface area contributed by atoms with Crippen LogP contribution in [0.25, 0.3) is 11.0 Å². The summed E-state index contributed by atoms with van der Waals surface area (Å²) in [5.74, 6) is -0.781. The summed E-state index contributed by atoms with van der Waals surface area (Å²) in [5, 5.41) is 11.8. The van der Waals surface area contributed by atoms with Gasteiger partial charge in [0.15, 0.2) is 11.5 Å². The molecule has 1 aromatic heterocycles. The van der Waals surface area contributed by atoms with Gasteiger partial charge in [-0.2, -0.15) is 0 Å². The van der Waals surface area contributed by atoms with Gasteiger partial charge in [-0.3, -0.25) is 14.5 Å². The summed E-state index contributed by atoms with van der Waals surface area (Å²) < 4.78 is 11.4. The fourth-order valence-corrected chi connectivity index (χ4v) is 4.60. The number of aliphatic hydroxyl groups is 1. The first-order chi connectivity index (χ1) is 17.4. The lowest BCUT2D eigenvalue weighted by Crippen LogP contribution is -2.31. The number of carbonyl (C=O) groups excluding carboxylic acids is 2. The van der Waals surface area contributed by atoms with Crippen LogP contribution in [-0.2, 0) is 4.79 Å². The number of Topliss-reactive ketones (excluding diaryl/α,β-unsaturated/α-hetero) is 1. The maximum Gasteiger partial charge on any atom is 0.294 e. The lowest BCUT2D eigenvalue weighted by atomic mass is 9.92. The van der Waals surface area contributed by atoms with E-state index in [1.807, 2.05) is 49.4 Å². The molecule has 1 atom stereocenters. The molecule has 1 aliphatic rings. The fourth-order valence-electron chi connectivity index (χ4n) is 4.60. The predicted molar refractivity (Wildman–Crippen MR) is 139 cm³/mol. The standard InChI is InChI=1S/C30H27NO5/c1-4-35-23-10-7-9-22(17-23)31-27(20-14-12-19(13-15-20)18(2)3)26(29(33)30(31)34)28(32)25-16-21-8-5-6-11-24(21)36-25/h5-18,27,33H,4H2,1-3H3. The van der Waals surface area contributed by atoms with Crippen LogP contribution in [0, 0.1) is 0 Å². The van der Waals surface area contributed by atoms with Gasteiger partial charge in [-0.05, 0) is 48.2 Å². The molecule has 0 saturated heterocycles. The van der Waals surface area contributed by atoms with Crippen LogP contribution >= 0.6 is 0 Å². The second kappa shape index (κ2) is 9.38. The van der Waals surface area contributed by atoms with Gasteiger partial charge < -0.3 is 14.3 Å². The highest BCUT2D eigenvalue weighted by molar-refractivity contribution is 6.20. The Bertz CT molecular complexity index is 1450. The van der Waals surface area contributed by atoms with E-state index in [-0.39, 0.29) is 11.3 Å². The van der Waals surface area contributed by atoms with E-state index in [2.05, 4.69) is 13.8 Å². The lowest BCUT2D eigenvalue weighted by molar-refractivity contribution is -0.117. The van der Waals surface area contributed by atoms with Crippen LogP contribution in [0.5, 0.6) is 5.75 Å². The van der Waals surface area contributed by atoms with E-state index in [4.69, 9.17) is 9.15 Å². The van der Waals surface area contributed by atoms with Gasteiger partial charge in [0, 0.05) is 17.1 Å². The minimum atomic E-state index is -0.837. The van der Waals surface area contributed by atoms with Crippen molar-refractivity contribution in [1.82, 2.24) is 0 Å². The van der Waals surface area contributed by atoms with Crippen LogP contribution in [-0.4, -0.2) is 23.4 Å². The van der Waals surface area contributed by atoms with Crippen LogP contribution in [0.3, 0.4) is 0 Å². The molecular formula is C30H27NO5. The van der Waals surface area contributed by atoms with Crippen molar-refractivity contribution >= 4 is 28.3 Å². The van der Waals surface area contributed by atoms with Crippen molar-refractivity contribution in [3.05, 3.63) is 107 Å². The number of carbonyl (C=O) groups is 2. The molecular weight excluding hydrogens is 454 g/mol. The van der Waals surface area contributed by atoms with Crippen molar-refractivity contribution in [2.45, 2.75) is 32.7 Å². The first-order valence-electron chi connectivity index (χ1n) is 12.0. The molecule has 36 heavy (non-hydrogen) atoms. The number of hydrogen-bond acceptors (Lipinski definition) is 5. The molecule has 0 bridgehead atoms. The van der Waals surface area contributed by atoms with E-state index < -0.39 is 23.5 Å². The SMILES string of the molecule is CCOc1cccc(N2C(=O)C(O)=C(C(=O)c3cc4ccccc4o3)C2c2ccc(C(C)C)cc2)c1. The van der Waals surface area contributed by atoms with Crippen LogP contribution < -0.4 is 9.64 Å². The maximum atomic E-state index is 13.8. The largest absolute Gasteiger partial charge is 0.503 e. The zero-order chi connectivity index (χ0) is 25.4. The number of ketones is 1. The van der Waals surface area contributed by atoms with Crippen LogP contribution in [0.4, 0.5) is 5.69 Å². The number of nitrogens with zero attached hydrogens (tertiary/aromatic N) is 1. The first kappa shape index (κ1) is 23.4. The van der Waals surface area contributed by atoms with Crippen molar-refractivity contribution in [2.24, 2.45) is 0 Å². The van der Waals surface area contributed by atoms with Crippen molar-refractivity contribution in [3.63, 3.8) is 0 Å². The van der Waals surface area contributed by atoms with Gasteiger partial charge in [-0.25, -0.2) is 0 Å². The number of anilines is 1. The Morgan fingerprint density at radius 2 is 1.78 bits per heavy atom. The highest BCUT2D eigenvalue weighted by Crippen LogP contribution is 2.43. The summed E-state index contributed by atoms with van der Waals surface area (Å²) in [6.07, 6.45) is 0. The summed E-state index contributed by atoms with van der Waals surface area (Å²) in [7, 11) is 0. The number of aliphatic hydroxyl groups excluding tert-OH is 1. The first-order valence-corrected chi connectivity index (χ1v) is 12.0. The monoisotopic (exact) mass is 481 g/mol. The van der Waals surface area contributed by atoms with E-state index in [1.54, 1.807) is 36.4 Å². The number of furan rings is 1. The van der Waals surface area contributed by atoms with E-state index in [0.29, 0.717) is 35.1 Å². The molecule has 1 aliphatic heterocycles. The Balaban J connectivity index is 1.64. The summed E-state index contributed by atoms with van der Waals surface area (Å²) in [6.45, 7) is 6.55. The third kappa shape index (κ3) is 4.05. The summed E-state index contributed by atoms with van der Waals surface area (Å²) in [6, 6.07) is 22.9. The molecule has 1 N–H and O–H groups in total. The minimum Gasteiger partial charge on any atom is -0.503 e. The molecule has 1 amide bonds. The van der Waals surface area contributed by atoms with Crippen LogP contribution in [0.15, 0.2) is 94.6 Å². The van der Waals surface area contributed by atoms with Gasteiger partial charge >= 0.3 is 0 Å². The summed E-state index contributed by atoms with van der Waals surface area (Å²) >= 11 is 0. The maximum absolute atomic E-state index is 13.8. The Morgan fingerprint density at radius 1 is 1.03 bits per heavy atom. The quantitative estimate of drug-likeness (QED) is 0.296. The van der Waals surface area contributed by atoms with Gasteiger partial charge in [0.1, 0.15) is 11.3 Å². The van der Waals surface area contributed by atoms with Crippen LogP contribution in [0.2, 0.25) is 0 Å². The summed E-state index contributed by atoms with van der Waals surface area (Å²) in [5.41, 5.74) is 2.90. The second-order valence-corrected chi connectivity index (χ2v) is 9.07. The number of benzene rings is 3. The second-order valence-electron chi connectivity index (χ2n) is 9.07. The number of ether oxygens (including phenoxy) is 1. The highest BCUT2D eigenvalue weighted by Gasteiger charge is 2.45. The van der Waals surface area contributed by atoms with Gasteiger partial charge in [0.25, 0.3) is 5.91 Å². The molecule has 0 spiro atoms. The van der Waals surface area contributed by atoms with Gasteiger partial charge in [0.2, 0.25) is 5.78 Å². The molecule has 0 fully saturated rings. The van der Waals surface area contributed by atoms with E-state index >= 15 is 0 Å². The van der Waals surface area contributed by atoms with Gasteiger partial charge in [-0.15, -0.1) is 0 Å². The lowest BCUT2D eigenvalue weighted by Gasteiger charge is -2.27. The fraction of sp³-hybridized carbons (Fsp3) is 0.200.